The van der Waals surface area contributed by atoms with Crippen molar-refractivity contribution in [3.63, 3.8) is 0 Å². The molecule has 4 nitrogen and oxygen atoms in total. The van der Waals surface area contributed by atoms with Gasteiger partial charge in [-0.15, -0.1) is 6.58 Å². The molecule has 0 atom stereocenters. The van der Waals surface area contributed by atoms with Crippen molar-refractivity contribution < 1.29 is 17.0 Å². The third-order valence-corrected chi connectivity index (χ3v) is 2.09. The molecule has 0 aromatic carbocycles. The van der Waals surface area contributed by atoms with Crippen LogP contribution in [-0.4, -0.2) is 14.2 Å². The molecule has 0 aliphatic carbocycles. The summed E-state index contributed by atoms with van der Waals surface area (Å²) in [6.45, 7) is 3.29. The van der Waals surface area contributed by atoms with Gasteiger partial charge in [0.2, 0.25) is 0 Å². The molecule has 0 aliphatic heterocycles. The van der Waals surface area contributed by atoms with Crippen LogP contribution < -0.4 is 4.18 Å². The molecule has 1 aromatic rings. The van der Waals surface area contributed by atoms with Gasteiger partial charge in [-0.05, 0) is 6.07 Å². The summed E-state index contributed by atoms with van der Waals surface area (Å²) in [7, 11) is -3.57. The topological polar surface area (TPSA) is 56.5 Å². The van der Waals surface area contributed by atoms with E-state index in [1.165, 1.54) is 18.4 Å². The fourth-order valence-electron chi connectivity index (χ4n) is 0.614. The predicted octanol–water partition coefficient (Wildman–Crippen LogP) is 1.17. The molecule has 5 heteroatoms. The molecule has 0 unspecified atom stereocenters. The Kier molecular flexibility index (Phi) is 2.54. The van der Waals surface area contributed by atoms with Crippen LogP contribution in [0.4, 0.5) is 0 Å². The largest absolute Gasteiger partial charge is 0.433 e. The SMILES string of the molecule is C=CCS(=O)(=O)Oc1ccco1. The number of hydrogen-bond acceptors (Lipinski definition) is 4. The lowest BCUT2D eigenvalue weighted by Gasteiger charge is -1.99. The van der Waals surface area contributed by atoms with Gasteiger partial charge in [0.1, 0.15) is 5.75 Å². The molecule has 0 saturated heterocycles. The van der Waals surface area contributed by atoms with Gasteiger partial charge in [0.25, 0.3) is 0 Å². The third-order valence-electron chi connectivity index (χ3n) is 1.03. The Labute approximate surface area is 70.6 Å². The van der Waals surface area contributed by atoms with Gasteiger partial charge in [-0.25, -0.2) is 0 Å². The van der Waals surface area contributed by atoms with E-state index < -0.39 is 10.1 Å². The van der Waals surface area contributed by atoms with Crippen molar-refractivity contribution in [2.24, 2.45) is 0 Å². The molecule has 0 radical (unpaired) electrons. The van der Waals surface area contributed by atoms with Crippen molar-refractivity contribution >= 4 is 10.1 Å². The third kappa shape index (κ3) is 2.43. The molecule has 1 aromatic heterocycles. The van der Waals surface area contributed by atoms with E-state index in [0.29, 0.717) is 0 Å². The normalized spacial score (nSPS) is 11.0. The first-order valence-corrected chi connectivity index (χ1v) is 4.78. The zero-order chi connectivity index (χ0) is 9.03. The molecule has 0 N–H and O–H groups in total. The number of furan rings is 1. The fourth-order valence-corrected chi connectivity index (χ4v) is 1.32. The maximum Gasteiger partial charge on any atom is 0.315 e. The smallest absolute Gasteiger partial charge is 0.315 e. The molecular formula is C7H8O4S. The molecule has 0 amide bonds. The van der Waals surface area contributed by atoms with E-state index in [2.05, 4.69) is 15.2 Å². The average molecular weight is 188 g/mol. The summed E-state index contributed by atoms with van der Waals surface area (Å²) < 4.78 is 31.1. The van der Waals surface area contributed by atoms with E-state index in [1.807, 2.05) is 0 Å². The van der Waals surface area contributed by atoms with Crippen molar-refractivity contribution in [2.45, 2.75) is 0 Å². The Hall–Kier alpha value is -1.23. The Bertz CT molecular complexity index is 335. The minimum absolute atomic E-state index is 0.0307. The van der Waals surface area contributed by atoms with E-state index in [-0.39, 0.29) is 11.7 Å². The zero-order valence-corrected chi connectivity index (χ0v) is 7.08. The second kappa shape index (κ2) is 3.44. The lowest BCUT2D eigenvalue weighted by atomic mass is 10.7. The van der Waals surface area contributed by atoms with Gasteiger partial charge in [0.15, 0.2) is 0 Å². The first-order valence-electron chi connectivity index (χ1n) is 3.20. The van der Waals surface area contributed by atoms with E-state index in [0.717, 1.165) is 0 Å². The molecule has 0 aliphatic rings. The number of hydrogen-bond donors (Lipinski definition) is 0. The van der Waals surface area contributed by atoms with Gasteiger partial charge in [0.05, 0.1) is 6.26 Å². The van der Waals surface area contributed by atoms with Crippen LogP contribution >= 0.6 is 0 Å². The van der Waals surface area contributed by atoms with Crippen LogP contribution in [0.3, 0.4) is 0 Å². The van der Waals surface area contributed by atoms with Crippen molar-refractivity contribution in [1.29, 1.82) is 0 Å². The van der Waals surface area contributed by atoms with Crippen LogP contribution in [0.5, 0.6) is 5.95 Å². The monoisotopic (exact) mass is 188 g/mol. The molecule has 0 fully saturated rings. The van der Waals surface area contributed by atoms with Gasteiger partial charge in [-0.3, -0.25) is 0 Å². The molecule has 66 valence electrons. The van der Waals surface area contributed by atoms with Gasteiger partial charge in [0, 0.05) is 6.07 Å². The van der Waals surface area contributed by atoms with Crippen LogP contribution in [0.1, 0.15) is 0 Å². The molecule has 1 rings (SSSR count). The van der Waals surface area contributed by atoms with Gasteiger partial charge in [-0.2, -0.15) is 8.42 Å². The first kappa shape index (κ1) is 8.86. The minimum Gasteiger partial charge on any atom is -0.433 e. The van der Waals surface area contributed by atoms with E-state index >= 15 is 0 Å². The molecule has 0 spiro atoms. The zero-order valence-electron chi connectivity index (χ0n) is 6.26. The first-order chi connectivity index (χ1) is 5.64. The summed E-state index contributed by atoms with van der Waals surface area (Å²) >= 11 is 0. The van der Waals surface area contributed by atoms with E-state index in [9.17, 15) is 8.42 Å². The van der Waals surface area contributed by atoms with E-state index in [1.54, 1.807) is 6.07 Å². The molecule has 0 saturated carbocycles. The second-order valence-electron chi connectivity index (χ2n) is 2.03. The summed E-state index contributed by atoms with van der Waals surface area (Å²) in [4.78, 5) is 0. The summed E-state index contributed by atoms with van der Waals surface area (Å²) in [6.07, 6.45) is 2.58. The van der Waals surface area contributed by atoms with Crippen LogP contribution in [0.2, 0.25) is 0 Å². The Morgan fingerprint density at radius 1 is 1.67 bits per heavy atom. The molecule has 12 heavy (non-hydrogen) atoms. The van der Waals surface area contributed by atoms with Crippen molar-refractivity contribution in [1.82, 2.24) is 0 Å². The molecular weight excluding hydrogens is 180 g/mol. The number of rotatable bonds is 4. The van der Waals surface area contributed by atoms with Crippen LogP contribution in [0.25, 0.3) is 0 Å². The highest BCUT2D eigenvalue weighted by atomic mass is 32.2. The van der Waals surface area contributed by atoms with Crippen molar-refractivity contribution in [2.75, 3.05) is 5.75 Å². The van der Waals surface area contributed by atoms with Crippen LogP contribution in [-0.2, 0) is 10.1 Å². The fraction of sp³-hybridized carbons (Fsp3) is 0.143. The lowest BCUT2D eigenvalue weighted by molar-refractivity contribution is 0.384. The highest BCUT2D eigenvalue weighted by Gasteiger charge is 2.11. The summed E-state index contributed by atoms with van der Waals surface area (Å²) in [6, 6.07) is 2.96. The summed E-state index contributed by atoms with van der Waals surface area (Å²) in [5.74, 6) is -0.259. The van der Waals surface area contributed by atoms with E-state index in [4.69, 9.17) is 0 Å². The Balaban J connectivity index is 2.69. The van der Waals surface area contributed by atoms with Crippen molar-refractivity contribution in [3.8, 4) is 5.95 Å². The predicted molar refractivity (Wildman–Crippen MR) is 43.3 cm³/mol. The molecule has 0 bridgehead atoms. The van der Waals surface area contributed by atoms with Gasteiger partial charge in [-0.1, -0.05) is 6.08 Å². The quantitative estimate of drug-likeness (QED) is 0.525. The molecule has 1 heterocycles. The highest BCUT2D eigenvalue weighted by Crippen LogP contribution is 2.12. The van der Waals surface area contributed by atoms with Crippen LogP contribution in [0.15, 0.2) is 35.5 Å². The standard InChI is InChI=1S/C7H8O4S/c1-2-6-12(8,9)11-7-4-3-5-10-7/h2-5H,1,6H2. The Morgan fingerprint density at radius 2 is 2.42 bits per heavy atom. The van der Waals surface area contributed by atoms with Crippen molar-refractivity contribution in [3.05, 3.63) is 31.1 Å². The summed E-state index contributed by atoms with van der Waals surface area (Å²) in [5.41, 5.74) is 0. The Morgan fingerprint density at radius 3 is 2.92 bits per heavy atom. The van der Waals surface area contributed by atoms with Gasteiger partial charge < -0.3 is 8.60 Å². The average Bonchev–Trinajstić information content (AvgIpc) is 2.38. The van der Waals surface area contributed by atoms with Gasteiger partial charge >= 0.3 is 16.1 Å². The maximum atomic E-state index is 10.9. The van der Waals surface area contributed by atoms with Crippen LogP contribution in [0, 0.1) is 0 Å². The summed E-state index contributed by atoms with van der Waals surface area (Å²) in [5, 5.41) is 0. The lowest BCUT2D eigenvalue weighted by Crippen LogP contribution is -2.11. The maximum absolute atomic E-state index is 10.9. The highest BCUT2D eigenvalue weighted by molar-refractivity contribution is 7.87. The minimum atomic E-state index is -3.57. The second-order valence-corrected chi connectivity index (χ2v) is 3.64.